The van der Waals surface area contributed by atoms with E-state index < -0.39 is 17.9 Å². The average Bonchev–Trinajstić information content (AvgIpc) is 2.57. The molecule has 2 N–H and O–H groups in total. The van der Waals surface area contributed by atoms with Crippen LogP contribution in [0.2, 0.25) is 0 Å². The zero-order valence-corrected chi connectivity index (χ0v) is 10.1. The molecule has 1 fully saturated rings. The van der Waals surface area contributed by atoms with Gasteiger partial charge in [0.1, 0.15) is 0 Å². The summed E-state index contributed by atoms with van der Waals surface area (Å²) in [5.74, 6) is -3.74. The van der Waals surface area contributed by atoms with Gasteiger partial charge in [-0.05, 0) is 24.9 Å². The summed E-state index contributed by atoms with van der Waals surface area (Å²) in [6.07, 6.45) is 4.57. The van der Waals surface area contributed by atoms with Crippen molar-refractivity contribution in [3.8, 4) is 0 Å². The van der Waals surface area contributed by atoms with E-state index in [1.54, 1.807) is 0 Å². The summed E-state index contributed by atoms with van der Waals surface area (Å²) in [5.41, 5.74) is 0. The highest BCUT2D eigenvalue weighted by molar-refractivity contribution is 7.16. The van der Waals surface area contributed by atoms with Gasteiger partial charge in [0, 0.05) is 0 Å². The Balaban J connectivity index is 0.000000583. The van der Waals surface area contributed by atoms with Gasteiger partial charge in [0.15, 0.2) is 5.92 Å². The lowest BCUT2D eigenvalue weighted by molar-refractivity contribution is -0.157. The molecule has 1 aliphatic rings. The van der Waals surface area contributed by atoms with Crippen LogP contribution in [0.15, 0.2) is 0 Å². The Labute approximate surface area is 92.3 Å². The fraction of sp³-hybridized carbons (Fsp3) is 0.800. The van der Waals surface area contributed by atoms with Gasteiger partial charge in [-0.25, -0.2) is 0 Å². The van der Waals surface area contributed by atoms with E-state index in [0.29, 0.717) is 0 Å². The number of hydrogen-bond acceptors (Lipinski definition) is 2. The molecule has 0 spiro atoms. The predicted octanol–water partition coefficient (Wildman–Crippen LogP) is 1.84. The molecule has 15 heavy (non-hydrogen) atoms. The molecule has 88 valence electrons. The van der Waals surface area contributed by atoms with Crippen molar-refractivity contribution in [3.63, 3.8) is 0 Å². The molecular formula is C10H19O4P. The van der Waals surface area contributed by atoms with Crippen molar-refractivity contribution in [3.05, 3.63) is 0 Å². The van der Waals surface area contributed by atoms with Gasteiger partial charge >= 0.3 is 11.9 Å². The molecule has 1 aliphatic carbocycles. The molecule has 0 radical (unpaired) electrons. The summed E-state index contributed by atoms with van der Waals surface area (Å²) in [4.78, 5) is 21.1. The third-order valence-corrected chi connectivity index (χ3v) is 2.40. The average molecular weight is 234 g/mol. The van der Waals surface area contributed by atoms with Gasteiger partial charge < -0.3 is 10.2 Å². The highest BCUT2D eigenvalue weighted by Gasteiger charge is 2.36. The summed E-state index contributed by atoms with van der Waals surface area (Å²) in [7, 11) is 2.58. The highest BCUT2D eigenvalue weighted by atomic mass is 31.0. The van der Waals surface area contributed by atoms with Gasteiger partial charge in [-0.1, -0.05) is 19.8 Å². The molecule has 0 saturated heterocycles. The molecule has 0 aromatic carbocycles. The third kappa shape index (κ3) is 5.12. The van der Waals surface area contributed by atoms with Gasteiger partial charge in [-0.3, -0.25) is 9.59 Å². The molecule has 0 aliphatic heterocycles. The zero-order chi connectivity index (χ0) is 11.8. The van der Waals surface area contributed by atoms with E-state index >= 15 is 0 Å². The summed E-state index contributed by atoms with van der Waals surface area (Å²) in [6, 6.07) is 0. The minimum Gasteiger partial charge on any atom is -0.481 e. The van der Waals surface area contributed by atoms with Gasteiger partial charge in [-0.15, -0.1) is 9.24 Å². The molecule has 0 amide bonds. The summed E-state index contributed by atoms with van der Waals surface area (Å²) in [6.45, 7) is 2.09. The van der Waals surface area contributed by atoms with Crippen molar-refractivity contribution in [2.75, 3.05) is 6.16 Å². The van der Waals surface area contributed by atoms with Crippen LogP contribution in [0.4, 0.5) is 0 Å². The maximum Gasteiger partial charge on any atom is 0.318 e. The van der Waals surface area contributed by atoms with Crippen LogP contribution >= 0.6 is 9.24 Å². The van der Waals surface area contributed by atoms with Crippen molar-refractivity contribution in [1.29, 1.82) is 0 Å². The molecule has 1 unspecified atom stereocenters. The Hall–Kier alpha value is -0.630. The van der Waals surface area contributed by atoms with Crippen LogP contribution in [-0.4, -0.2) is 28.3 Å². The molecule has 5 heteroatoms. The normalized spacial score (nSPS) is 15.9. The molecule has 0 aromatic heterocycles. The first-order valence-electron chi connectivity index (χ1n) is 5.20. The second-order valence-corrected chi connectivity index (χ2v) is 4.42. The predicted molar refractivity (Wildman–Crippen MR) is 61.0 cm³/mol. The summed E-state index contributed by atoms with van der Waals surface area (Å²) < 4.78 is 0. The topological polar surface area (TPSA) is 74.6 Å². The first-order valence-corrected chi connectivity index (χ1v) is 6.01. The lowest BCUT2D eigenvalue weighted by atomic mass is 9.91. The fourth-order valence-corrected chi connectivity index (χ4v) is 1.80. The number of carboxylic acid groups (broad SMARTS) is 2. The van der Waals surface area contributed by atoms with Crippen molar-refractivity contribution in [2.24, 2.45) is 11.8 Å². The van der Waals surface area contributed by atoms with Crippen LogP contribution in [0.5, 0.6) is 0 Å². The summed E-state index contributed by atoms with van der Waals surface area (Å²) in [5, 5.41) is 17.2. The van der Waals surface area contributed by atoms with Gasteiger partial charge in [0.2, 0.25) is 0 Å². The maximum atomic E-state index is 10.5. The van der Waals surface area contributed by atoms with Crippen LogP contribution in [0.25, 0.3) is 0 Å². The number of aliphatic carboxylic acids is 2. The van der Waals surface area contributed by atoms with E-state index in [-0.39, 0.29) is 5.92 Å². The third-order valence-electron chi connectivity index (χ3n) is 2.40. The van der Waals surface area contributed by atoms with E-state index in [0.717, 1.165) is 25.7 Å². The quantitative estimate of drug-likeness (QED) is 0.577. The second-order valence-electron chi connectivity index (χ2n) is 3.61. The van der Waals surface area contributed by atoms with Crippen molar-refractivity contribution < 1.29 is 19.8 Å². The number of rotatable bonds is 3. The van der Waals surface area contributed by atoms with Gasteiger partial charge in [0.05, 0.1) is 0 Å². The van der Waals surface area contributed by atoms with Crippen LogP contribution in [0.1, 0.15) is 32.6 Å². The van der Waals surface area contributed by atoms with E-state index in [1.165, 1.54) is 6.16 Å². The Bertz CT molecular complexity index is 197. The Morgan fingerprint density at radius 3 is 1.87 bits per heavy atom. The summed E-state index contributed by atoms with van der Waals surface area (Å²) >= 11 is 0. The monoisotopic (exact) mass is 234 g/mol. The first kappa shape index (κ1) is 14.4. The molecule has 0 bridgehead atoms. The fourth-order valence-electron chi connectivity index (χ4n) is 1.80. The molecule has 1 atom stereocenters. The Morgan fingerprint density at radius 2 is 1.60 bits per heavy atom. The van der Waals surface area contributed by atoms with E-state index in [9.17, 15) is 9.59 Å². The molecule has 0 aromatic rings. The largest absolute Gasteiger partial charge is 0.481 e. The van der Waals surface area contributed by atoms with E-state index in [1.807, 2.05) is 0 Å². The van der Waals surface area contributed by atoms with Crippen LogP contribution in [-0.2, 0) is 9.59 Å². The van der Waals surface area contributed by atoms with Crippen LogP contribution < -0.4 is 0 Å². The van der Waals surface area contributed by atoms with E-state index in [2.05, 4.69) is 16.2 Å². The van der Waals surface area contributed by atoms with Crippen LogP contribution in [0, 0.1) is 11.8 Å². The molecule has 0 heterocycles. The molecule has 4 nitrogen and oxygen atoms in total. The zero-order valence-electron chi connectivity index (χ0n) is 8.98. The minimum absolute atomic E-state index is 0.153. The number of carbonyl (C=O) groups is 2. The van der Waals surface area contributed by atoms with Crippen molar-refractivity contribution >= 4 is 21.2 Å². The highest BCUT2D eigenvalue weighted by Crippen LogP contribution is 2.31. The second kappa shape index (κ2) is 7.63. The van der Waals surface area contributed by atoms with Crippen molar-refractivity contribution in [1.82, 2.24) is 0 Å². The van der Waals surface area contributed by atoms with Crippen molar-refractivity contribution in [2.45, 2.75) is 32.6 Å². The van der Waals surface area contributed by atoms with Crippen LogP contribution in [0.3, 0.4) is 0 Å². The number of hydrogen-bond donors (Lipinski definition) is 2. The minimum atomic E-state index is -1.20. The first-order chi connectivity index (χ1) is 7.04. The molecule has 1 saturated carbocycles. The lowest BCUT2D eigenvalue weighted by Crippen LogP contribution is -2.29. The maximum absolute atomic E-state index is 10.5. The molecular weight excluding hydrogens is 215 g/mol. The molecule has 1 rings (SSSR count). The van der Waals surface area contributed by atoms with Gasteiger partial charge in [-0.2, -0.15) is 0 Å². The van der Waals surface area contributed by atoms with Gasteiger partial charge in [0.25, 0.3) is 0 Å². The Morgan fingerprint density at radius 1 is 1.27 bits per heavy atom. The smallest absolute Gasteiger partial charge is 0.318 e. The van der Waals surface area contributed by atoms with E-state index in [4.69, 9.17) is 10.2 Å². The Kier molecular flexibility index (Phi) is 7.31. The number of carboxylic acids is 2. The SMILES string of the molecule is CCP.O=C(O)C(C(=O)O)C1CCCC1. The standard InChI is InChI=1S/C8H12O4.C2H7P/c9-7(10)6(8(11)12)5-3-1-2-4-5;1-2-3/h5-6H,1-4H2,(H,9,10)(H,11,12);2-3H2,1H3. The lowest BCUT2D eigenvalue weighted by Gasteiger charge is -2.13.